The highest BCUT2D eigenvalue weighted by Crippen LogP contribution is 2.36. The molecule has 2 fully saturated rings. The average Bonchev–Trinajstić information content (AvgIpc) is 3.29. The van der Waals surface area contributed by atoms with E-state index in [0.29, 0.717) is 30.7 Å². The van der Waals surface area contributed by atoms with Crippen LogP contribution in [0.15, 0.2) is 42.6 Å². The molecule has 2 saturated heterocycles. The van der Waals surface area contributed by atoms with Gasteiger partial charge in [-0.1, -0.05) is 12.1 Å². The number of rotatable bonds is 5. The minimum atomic E-state index is -2.58. The van der Waals surface area contributed by atoms with Crippen LogP contribution in [0.5, 0.6) is 0 Å². The van der Waals surface area contributed by atoms with Crippen molar-refractivity contribution in [3.8, 4) is 11.4 Å². The molecule has 4 heterocycles. The molecule has 1 N–H and O–H groups in total. The summed E-state index contributed by atoms with van der Waals surface area (Å²) in [6.45, 7) is 8.73. The molecule has 1 aromatic carbocycles. The number of aryl methyl sites for hydroxylation is 1. The molecule has 0 spiro atoms. The van der Waals surface area contributed by atoms with Crippen molar-refractivity contribution in [1.29, 1.82) is 0 Å². The molecule has 0 unspecified atom stereocenters. The van der Waals surface area contributed by atoms with E-state index in [-0.39, 0.29) is 24.0 Å². The van der Waals surface area contributed by atoms with Gasteiger partial charge in [0.05, 0.1) is 11.2 Å². The van der Waals surface area contributed by atoms with Crippen LogP contribution in [0.2, 0.25) is 0 Å². The SMILES string of the molecule is Cn1nc(-c2ccc(N3CCC(F)(F)CC3)nc2)nc1Nc1ccc(B2OC(C)(C)C(C)(C)O2)cc1. The molecule has 0 saturated carbocycles. The molecular weight excluding hydrogens is 465 g/mol. The highest BCUT2D eigenvalue weighted by molar-refractivity contribution is 6.62. The fourth-order valence-electron chi connectivity index (χ4n) is 4.22. The molecule has 0 amide bonds. The molecular formula is C25H31BF2N6O2. The van der Waals surface area contributed by atoms with Gasteiger partial charge in [0, 0.05) is 50.4 Å². The number of nitrogens with zero attached hydrogens (tertiary/aromatic N) is 5. The van der Waals surface area contributed by atoms with Crippen LogP contribution >= 0.6 is 0 Å². The molecule has 0 atom stereocenters. The molecule has 0 aliphatic carbocycles. The van der Waals surface area contributed by atoms with E-state index in [1.165, 1.54) is 0 Å². The number of halogens is 2. The van der Waals surface area contributed by atoms with Crippen molar-refractivity contribution >= 4 is 30.0 Å². The van der Waals surface area contributed by atoms with Crippen LogP contribution in [0, 0.1) is 0 Å². The van der Waals surface area contributed by atoms with Gasteiger partial charge in [0.1, 0.15) is 5.82 Å². The number of hydrogen-bond acceptors (Lipinski definition) is 7. The van der Waals surface area contributed by atoms with Crippen molar-refractivity contribution in [2.24, 2.45) is 7.05 Å². The second kappa shape index (κ2) is 8.81. The van der Waals surface area contributed by atoms with Gasteiger partial charge in [-0.3, -0.25) is 0 Å². The summed E-state index contributed by atoms with van der Waals surface area (Å²) in [5.41, 5.74) is 1.77. The van der Waals surface area contributed by atoms with Gasteiger partial charge >= 0.3 is 7.12 Å². The molecule has 5 rings (SSSR count). The lowest BCUT2D eigenvalue weighted by molar-refractivity contribution is -0.0221. The van der Waals surface area contributed by atoms with E-state index in [0.717, 1.165) is 16.7 Å². The van der Waals surface area contributed by atoms with Crippen molar-refractivity contribution < 1.29 is 18.1 Å². The number of aromatic nitrogens is 4. The zero-order valence-corrected chi connectivity index (χ0v) is 21.3. The van der Waals surface area contributed by atoms with Crippen molar-refractivity contribution in [3.63, 3.8) is 0 Å². The van der Waals surface area contributed by atoms with E-state index in [4.69, 9.17) is 9.31 Å². The number of anilines is 3. The Labute approximate surface area is 210 Å². The third kappa shape index (κ3) is 4.81. The maximum atomic E-state index is 13.4. The number of hydrogen-bond donors (Lipinski definition) is 1. The number of pyridine rings is 1. The first kappa shape index (κ1) is 24.6. The Hall–Kier alpha value is -3.05. The maximum absolute atomic E-state index is 13.4. The average molecular weight is 496 g/mol. The number of benzene rings is 1. The van der Waals surface area contributed by atoms with Crippen LogP contribution in [-0.2, 0) is 16.4 Å². The quantitative estimate of drug-likeness (QED) is 0.532. The topological polar surface area (TPSA) is 77.3 Å². The van der Waals surface area contributed by atoms with E-state index in [1.807, 2.05) is 76.0 Å². The van der Waals surface area contributed by atoms with Crippen LogP contribution in [0.4, 0.5) is 26.2 Å². The smallest absolute Gasteiger partial charge is 0.399 e. The molecule has 0 radical (unpaired) electrons. The van der Waals surface area contributed by atoms with E-state index >= 15 is 0 Å². The second-order valence-corrected chi connectivity index (χ2v) is 10.5. The normalized spacial score (nSPS) is 20.5. The van der Waals surface area contributed by atoms with Gasteiger partial charge in [0.25, 0.3) is 5.92 Å². The first-order valence-electron chi connectivity index (χ1n) is 12.2. The van der Waals surface area contributed by atoms with Crippen molar-refractivity contribution in [2.45, 2.75) is 57.7 Å². The Bertz CT molecular complexity index is 1200. The highest BCUT2D eigenvalue weighted by atomic mass is 19.3. The lowest BCUT2D eigenvalue weighted by Gasteiger charge is -2.32. The fourth-order valence-corrected chi connectivity index (χ4v) is 4.22. The summed E-state index contributed by atoms with van der Waals surface area (Å²) in [6, 6.07) is 11.5. The molecule has 190 valence electrons. The molecule has 8 nitrogen and oxygen atoms in total. The third-order valence-electron chi connectivity index (χ3n) is 7.28. The van der Waals surface area contributed by atoms with Crippen LogP contribution in [0.25, 0.3) is 11.4 Å². The number of piperidine rings is 1. The predicted molar refractivity (Wildman–Crippen MR) is 136 cm³/mol. The molecule has 2 aliphatic rings. The Morgan fingerprint density at radius 3 is 2.17 bits per heavy atom. The summed E-state index contributed by atoms with van der Waals surface area (Å²) in [4.78, 5) is 11.0. The molecule has 3 aromatic rings. The van der Waals surface area contributed by atoms with Gasteiger partial charge in [0.15, 0.2) is 5.82 Å². The summed E-state index contributed by atoms with van der Waals surface area (Å²) in [5.74, 6) is -0.788. The van der Waals surface area contributed by atoms with Gasteiger partial charge < -0.3 is 19.5 Å². The Kier molecular flexibility index (Phi) is 6.03. The Morgan fingerprint density at radius 2 is 1.58 bits per heavy atom. The standard InChI is InChI=1S/C25H31BF2N6O2/c1-23(2)24(3,4)36-26(35-23)18-7-9-19(10-8-18)30-22-31-21(32-33(22)5)17-6-11-20(29-16-17)34-14-12-25(27,28)13-15-34/h6-11,16H,12-15H2,1-5H3,(H,30,31,32). The zero-order chi connectivity index (χ0) is 25.7. The number of alkyl halides is 2. The monoisotopic (exact) mass is 496 g/mol. The summed E-state index contributed by atoms with van der Waals surface area (Å²) in [5, 5.41) is 7.79. The van der Waals surface area contributed by atoms with Crippen LogP contribution in [-0.4, -0.2) is 57.1 Å². The molecule has 11 heteroatoms. The molecule has 36 heavy (non-hydrogen) atoms. The van der Waals surface area contributed by atoms with E-state index in [9.17, 15) is 8.78 Å². The van der Waals surface area contributed by atoms with E-state index in [2.05, 4.69) is 20.4 Å². The highest BCUT2D eigenvalue weighted by Gasteiger charge is 2.51. The van der Waals surface area contributed by atoms with E-state index < -0.39 is 13.0 Å². The zero-order valence-electron chi connectivity index (χ0n) is 21.3. The summed E-state index contributed by atoms with van der Waals surface area (Å²) < 4.78 is 40.8. The summed E-state index contributed by atoms with van der Waals surface area (Å²) >= 11 is 0. The van der Waals surface area contributed by atoms with Crippen LogP contribution < -0.4 is 15.7 Å². The first-order chi connectivity index (χ1) is 16.9. The molecule has 2 aliphatic heterocycles. The van der Waals surface area contributed by atoms with Crippen molar-refractivity contribution in [3.05, 3.63) is 42.6 Å². The predicted octanol–water partition coefficient (Wildman–Crippen LogP) is 4.16. The van der Waals surface area contributed by atoms with Crippen molar-refractivity contribution in [2.75, 3.05) is 23.3 Å². The molecule has 0 bridgehead atoms. The van der Waals surface area contributed by atoms with Gasteiger partial charge in [-0.15, -0.1) is 5.10 Å². The second-order valence-electron chi connectivity index (χ2n) is 10.5. The number of nitrogens with one attached hydrogen (secondary N) is 1. The van der Waals surface area contributed by atoms with Crippen LogP contribution in [0.3, 0.4) is 0 Å². The van der Waals surface area contributed by atoms with Crippen molar-refractivity contribution in [1.82, 2.24) is 19.7 Å². The fraction of sp³-hybridized carbons (Fsp3) is 0.480. The first-order valence-corrected chi connectivity index (χ1v) is 12.2. The molecule has 2 aromatic heterocycles. The lowest BCUT2D eigenvalue weighted by atomic mass is 9.79. The third-order valence-corrected chi connectivity index (χ3v) is 7.28. The van der Waals surface area contributed by atoms with Crippen LogP contribution in [0.1, 0.15) is 40.5 Å². The van der Waals surface area contributed by atoms with E-state index in [1.54, 1.807) is 10.9 Å². The lowest BCUT2D eigenvalue weighted by Crippen LogP contribution is -2.41. The minimum absolute atomic E-state index is 0.148. The van der Waals surface area contributed by atoms with Gasteiger partial charge in [-0.25, -0.2) is 18.4 Å². The Balaban J connectivity index is 1.25. The largest absolute Gasteiger partial charge is 0.494 e. The maximum Gasteiger partial charge on any atom is 0.494 e. The van der Waals surface area contributed by atoms with Gasteiger partial charge in [-0.05, 0) is 57.4 Å². The van der Waals surface area contributed by atoms with Gasteiger partial charge in [-0.2, -0.15) is 4.98 Å². The minimum Gasteiger partial charge on any atom is -0.399 e. The Morgan fingerprint density at radius 1 is 0.944 bits per heavy atom. The summed E-state index contributed by atoms with van der Waals surface area (Å²) in [7, 11) is 1.40. The summed E-state index contributed by atoms with van der Waals surface area (Å²) in [6.07, 6.45) is 1.39. The van der Waals surface area contributed by atoms with Gasteiger partial charge in [0.2, 0.25) is 5.95 Å².